The van der Waals surface area contributed by atoms with Gasteiger partial charge in [-0.1, -0.05) is 6.08 Å². The minimum Gasteiger partial charge on any atom is -0.351 e. The summed E-state index contributed by atoms with van der Waals surface area (Å²) in [5, 5.41) is 8.98. The maximum absolute atomic E-state index is 8.98. The van der Waals surface area contributed by atoms with Gasteiger partial charge >= 0.3 is 0 Å². The van der Waals surface area contributed by atoms with E-state index in [9.17, 15) is 0 Å². The summed E-state index contributed by atoms with van der Waals surface area (Å²) >= 11 is 0. The zero-order valence-electron chi connectivity index (χ0n) is 10.6. The zero-order chi connectivity index (χ0) is 13.0. The second-order valence-electron chi connectivity index (χ2n) is 4.46. The molecule has 0 amide bonds. The van der Waals surface area contributed by atoms with E-state index in [4.69, 9.17) is 5.26 Å². The van der Waals surface area contributed by atoms with Crippen molar-refractivity contribution >= 4 is 5.82 Å². The quantitative estimate of drug-likeness (QED) is 0.723. The van der Waals surface area contributed by atoms with Gasteiger partial charge < -0.3 is 4.90 Å². The molecule has 5 heteroatoms. The molecule has 0 aromatic carbocycles. The summed E-state index contributed by atoms with van der Waals surface area (Å²) in [4.78, 5) is 12.7. The molecule has 1 fully saturated rings. The average molecular weight is 243 g/mol. The second kappa shape index (κ2) is 5.61. The van der Waals surface area contributed by atoms with Gasteiger partial charge in [-0.05, 0) is 13.5 Å². The van der Waals surface area contributed by atoms with Crippen LogP contribution in [0.15, 0.2) is 25.0 Å². The zero-order valence-corrected chi connectivity index (χ0v) is 10.6. The topological polar surface area (TPSA) is 56.1 Å². The van der Waals surface area contributed by atoms with Gasteiger partial charge in [0.2, 0.25) is 0 Å². The summed E-state index contributed by atoms with van der Waals surface area (Å²) < 4.78 is 0. The van der Waals surface area contributed by atoms with Gasteiger partial charge in [0.25, 0.3) is 0 Å². The van der Waals surface area contributed by atoms with Gasteiger partial charge in [0.1, 0.15) is 6.07 Å². The fourth-order valence-corrected chi connectivity index (χ4v) is 2.03. The molecular formula is C13H17N5. The van der Waals surface area contributed by atoms with Crippen LogP contribution < -0.4 is 4.90 Å². The number of nitrogens with zero attached hydrogens (tertiary/aromatic N) is 5. The van der Waals surface area contributed by atoms with Crippen LogP contribution in [0, 0.1) is 11.3 Å². The fraction of sp³-hybridized carbons (Fsp3) is 0.462. The van der Waals surface area contributed by atoms with Crippen molar-refractivity contribution in [2.45, 2.75) is 12.5 Å². The predicted octanol–water partition coefficient (Wildman–Crippen LogP) is 1.04. The molecule has 0 saturated carbocycles. The Morgan fingerprint density at radius 1 is 1.56 bits per heavy atom. The van der Waals surface area contributed by atoms with Crippen molar-refractivity contribution in [1.82, 2.24) is 14.9 Å². The highest BCUT2D eigenvalue weighted by Gasteiger charge is 2.31. The van der Waals surface area contributed by atoms with E-state index in [1.54, 1.807) is 12.4 Å². The first-order valence-electron chi connectivity index (χ1n) is 6.03. The third kappa shape index (κ3) is 2.49. The van der Waals surface area contributed by atoms with E-state index < -0.39 is 0 Å². The van der Waals surface area contributed by atoms with Crippen LogP contribution in [0.2, 0.25) is 0 Å². The highest BCUT2D eigenvalue weighted by molar-refractivity contribution is 5.51. The monoisotopic (exact) mass is 243 g/mol. The highest BCUT2D eigenvalue weighted by Crippen LogP contribution is 2.22. The maximum atomic E-state index is 8.98. The Labute approximate surface area is 107 Å². The molecule has 2 heterocycles. The molecule has 2 rings (SSSR count). The molecule has 1 aliphatic heterocycles. The summed E-state index contributed by atoms with van der Waals surface area (Å²) in [6, 6.07) is 2.61. The number of nitriles is 1. The Kier molecular flexibility index (Phi) is 3.90. The summed E-state index contributed by atoms with van der Waals surface area (Å²) in [7, 11) is 2.12. The van der Waals surface area contributed by atoms with Crippen molar-refractivity contribution in [1.29, 1.82) is 5.26 Å². The van der Waals surface area contributed by atoms with Crippen LogP contribution >= 0.6 is 0 Å². The number of hydrogen-bond donors (Lipinski definition) is 0. The largest absolute Gasteiger partial charge is 0.351 e. The van der Waals surface area contributed by atoms with Crippen molar-refractivity contribution in [3.05, 3.63) is 30.7 Å². The molecular weight excluding hydrogens is 226 g/mol. The second-order valence-corrected chi connectivity index (χ2v) is 4.46. The summed E-state index contributed by atoms with van der Waals surface area (Å²) in [6.07, 6.45) is 6.12. The van der Waals surface area contributed by atoms with Crippen LogP contribution in [0.5, 0.6) is 0 Å². The van der Waals surface area contributed by atoms with Gasteiger partial charge in [-0.25, -0.2) is 9.97 Å². The van der Waals surface area contributed by atoms with Crippen molar-refractivity contribution in [3.63, 3.8) is 0 Å². The van der Waals surface area contributed by atoms with Gasteiger partial charge in [-0.3, -0.25) is 4.90 Å². The maximum Gasteiger partial charge on any atom is 0.183 e. The van der Waals surface area contributed by atoms with Crippen molar-refractivity contribution < 1.29 is 0 Å². The standard InChI is InChI=1S/C13H17N5/c1-3-4-7-17(2)11-9-18(10-11)13-12(8-14)15-5-6-16-13/h3,5-6,11H,1,4,7,9-10H2,2H3. The van der Waals surface area contributed by atoms with Gasteiger partial charge in [0.15, 0.2) is 11.5 Å². The minimum atomic E-state index is 0.407. The number of rotatable bonds is 5. The van der Waals surface area contributed by atoms with E-state index in [1.807, 2.05) is 6.08 Å². The third-order valence-electron chi connectivity index (χ3n) is 3.26. The molecule has 0 radical (unpaired) electrons. The molecule has 1 saturated heterocycles. The van der Waals surface area contributed by atoms with E-state index >= 15 is 0 Å². The Balaban J connectivity index is 1.93. The Bertz CT molecular complexity index is 459. The fourth-order valence-electron chi connectivity index (χ4n) is 2.03. The lowest BCUT2D eigenvalue weighted by molar-refractivity contribution is 0.207. The summed E-state index contributed by atoms with van der Waals surface area (Å²) in [5.74, 6) is 0.702. The van der Waals surface area contributed by atoms with Crippen LogP contribution in [0.4, 0.5) is 5.82 Å². The van der Waals surface area contributed by atoms with Crippen LogP contribution in [0.1, 0.15) is 12.1 Å². The summed E-state index contributed by atoms with van der Waals surface area (Å²) in [6.45, 7) is 6.56. The van der Waals surface area contributed by atoms with E-state index in [0.717, 1.165) is 26.1 Å². The molecule has 0 atom stereocenters. The molecule has 1 aromatic rings. The third-order valence-corrected chi connectivity index (χ3v) is 3.26. The number of aromatic nitrogens is 2. The van der Waals surface area contributed by atoms with Crippen LogP contribution in [0.3, 0.4) is 0 Å². The molecule has 0 N–H and O–H groups in total. The number of likely N-dealkylation sites (N-methyl/N-ethyl adjacent to an activating group) is 1. The molecule has 1 aromatic heterocycles. The van der Waals surface area contributed by atoms with Crippen LogP contribution in [0.25, 0.3) is 0 Å². The van der Waals surface area contributed by atoms with Crippen LogP contribution in [-0.2, 0) is 0 Å². The smallest absolute Gasteiger partial charge is 0.183 e. The van der Waals surface area contributed by atoms with E-state index in [0.29, 0.717) is 17.6 Å². The number of anilines is 1. The predicted molar refractivity (Wildman–Crippen MR) is 70.2 cm³/mol. The normalized spacial score (nSPS) is 15.3. The number of hydrogen-bond acceptors (Lipinski definition) is 5. The first-order valence-corrected chi connectivity index (χ1v) is 6.03. The van der Waals surface area contributed by atoms with Crippen molar-refractivity contribution in [2.75, 3.05) is 31.6 Å². The first-order chi connectivity index (χ1) is 8.76. The highest BCUT2D eigenvalue weighted by atomic mass is 15.3. The molecule has 1 aliphatic rings. The van der Waals surface area contributed by atoms with Gasteiger partial charge in [0.05, 0.1) is 0 Å². The SMILES string of the molecule is C=CCCN(C)C1CN(c2nccnc2C#N)C1. The van der Waals surface area contributed by atoms with Gasteiger partial charge in [-0.2, -0.15) is 5.26 Å². The molecule has 0 unspecified atom stereocenters. The Hall–Kier alpha value is -1.93. The van der Waals surface area contributed by atoms with Crippen LogP contribution in [-0.4, -0.2) is 47.6 Å². The molecule has 18 heavy (non-hydrogen) atoms. The van der Waals surface area contributed by atoms with Crippen molar-refractivity contribution in [2.24, 2.45) is 0 Å². The molecule has 0 bridgehead atoms. The Morgan fingerprint density at radius 2 is 2.28 bits per heavy atom. The lowest BCUT2D eigenvalue weighted by Gasteiger charge is -2.44. The Morgan fingerprint density at radius 3 is 2.94 bits per heavy atom. The lowest BCUT2D eigenvalue weighted by Crippen LogP contribution is -2.59. The minimum absolute atomic E-state index is 0.407. The molecule has 94 valence electrons. The average Bonchev–Trinajstić information content (AvgIpc) is 2.35. The van der Waals surface area contributed by atoms with E-state index in [1.165, 1.54) is 0 Å². The lowest BCUT2D eigenvalue weighted by atomic mass is 10.1. The van der Waals surface area contributed by atoms with Gasteiger partial charge in [0, 0.05) is 38.1 Å². The van der Waals surface area contributed by atoms with Crippen molar-refractivity contribution in [3.8, 4) is 6.07 Å². The molecule has 0 aliphatic carbocycles. The molecule has 0 spiro atoms. The van der Waals surface area contributed by atoms with E-state index in [-0.39, 0.29) is 0 Å². The first kappa shape index (κ1) is 12.5. The van der Waals surface area contributed by atoms with E-state index in [2.05, 4.69) is 39.5 Å². The van der Waals surface area contributed by atoms with Gasteiger partial charge in [-0.15, -0.1) is 6.58 Å². The summed E-state index contributed by atoms with van der Waals surface area (Å²) in [5.41, 5.74) is 0.407. The molecule has 5 nitrogen and oxygen atoms in total.